The molecule has 2 aliphatic rings. The van der Waals surface area contributed by atoms with Gasteiger partial charge in [0.2, 0.25) is 0 Å². The van der Waals surface area contributed by atoms with Crippen molar-refractivity contribution in [2.45, 2.75) is 38.5 Å². The summed E-state index contributed by atoms with van der Waals surface area (Å²) in [4.78, 5) is 2.46. The van der Waals surface area contributed by atoms with Crippen LogP contribution in [0.2, 0.25) is 0 Å². The van der Waals surface area contributed by atoms with Gasteiger partial charge in [-0.25, -0.2) is 0 Å². The van der Waals surface area contributed by atoms with Crippen LogP contribution >= 0.6 is 11.3 Å². The van der Waals surface area contributed by atoms with Crippen LogP contribution in [0.15, 0.2) is 212 Å². The lowest BCUT2D eigenvalue weighted by Gasteiger charge is -2.29. The summed E-state index contributed by atoms with van der Waals surface area (Å²) in [5, 5.41) is 5.24. The smallest absolute Gasteiger partial charge is 0.0540 e. The van der Waals surface area contributed by atoms with Gasteiger partial charge in [0, 0.05) is 47.9 Å². The van der Waals surface area contributed by atoms with Crippen LogP contribution in [0.5, 0.6) is 0 Å². The fraction of sp³-hybridized carbons (Fsp3) is 0.0938. The molecule has 0 radical (unpaired) electrons. The van der Waals surface area contributed by atoms with Crippen molar-refractivity contribution >= 4 is 59.3 Å². The summed E-state index contributed by atoms with van der Waals surface area (Å²) in [5.41, 5.74) is 21.5. The van der Waals surface area contributed by atoms with E-state index in [1.807, 2.05) is 11.3 Å². The number of nitrogens with zero attached hydrogens (tertiary/aromatic N) is 1. The molecule has 0 aliphatic heterocycles. The van der Waals surface area contributed by atoms with E-state index in [1.54, 1.807) is 0 Å². The van der Waals surface area contributed by atoms with Crippen LogP contribution in [-0.2, 0) is 10.8 Å². The van der Waals surface area contributed by atoms with E-state index < -0.39 is 0 Å². The van der Waals surface area contributed by atoms with Crippen molar-refractivity contribution in [1.29, 1.82) is 0 Å². The van der Waals surface area contributed by atoms with Crippen molar-refractivity contribution in [2.75, 3.05) is 4.90 Å². The highest BCUT2D eigenvalue weighted by Crippen LogP contribution is 2.54. The minimum atomic E-state index is -0.104. The third-order valence-electron chi connectivity index (χ3n) is 14.9. The zero-order chi connectivity index (χ0) is 44.3. The van der Waals surface area contributed by atoms with E-state index in [2.05, 4.69) is 245 Å². The zero-order valence-electron chi connectivity index (χ0n) is 37.6. The molecule has 1 heterocycles. The van der Waals surface area contributed by atoms with Gasteiger partial charge in [0.25, 0.3) is 0 Å². The van der Waals surface area contributed by atoms with Crippen LogP contribution in [0, 0.1) is 0 Å². The summed E-state index contributed by atoms with van der Waals surface area (Å²) in [6.45, 7) is 9.48. The van der Waals surface area contributed by atoms with Gasteiger partial charge in [0.05, 0.1) is 5.69 Å². The van der Waals surface area contributed by atoms with E-state index in [0.29, 0.717) is 0 Å². The van der Waals surface area contributed by atoms with Gasteiger partial charge in [-0.15, -0.1) is 11.3 Å². The topological polar surface area (TPSA) is 3.24 Å². The SMILES string of the molecule is CC1(C)c2ccccc2-c2ccc(-c3ccccc3N(c3ccc(-c4cccc5c4C(C)(C)c4ccccc4-5)cc3)c3ccc(-c4cccc5c4sc4c6ccccc6ccc54)cc3)cc21. The molecule has 0 saturated carbocycles. The zero-order valence-corrected chi connectivity index (χ0v) is 38.4. The van der Waals surface area contributed by atoms with E-state index in [-0.39, 0.29) is 10.8 Å². The van der Waals surface area contributed by atoms with E-state index in [9.17, 15) is 0 Å². The molecule has 11 aromatic rings. The van der Waals surface area contributed by atoms with Crippen molar-refractivity contribution in [2.24, 2.45) is 0 Å². The summed E-state index contributed by atoms with van der Waals surface area (Å²) >= 11 is 1.91. The Morgan fingerprint density at radius 2 is 0.848 bits per heavy atom. The van der Waals surface area contributed by atoms with Crippen molar-refractivity contribution in [3.63, 3.8) is 0 Å². The minimum absolute atomic E-state index is 0.0971. The first-order valence-corrected chi connectivity index (χ1v) is 24.0. The predicted octanol–water partition coefficient (Wildman–Crippen LogP) is 18.3. The highest BCUT2D eigenvalue weighted by molar-refractivity contribution is 7.27. The maximum atomic E-state index is 2.46. The Hall–Kier alpha value is -7.52. The second-order valence-electron chi connectivity index (χ2n) is 19.2. The second-order valence-corrected chi connectivity index (χ2v) is 20.2. The molecule has 2 heteroatoms. The average molecular weight is 862 g/mol. The monoisotopic (exact) mass is 861 g/mol. The van der Waals surface area contributed by atoms with Crippen LogP contribution in [0.3, 0.4) is 0 Å². The van der Waals surface area contributed by atoms with Gasteiger partial charge in [-0.1, -0.05) is 204 Å². The number of para-hydroxylation sites is 1. The van der Waals surface area contributed by atoms with Crippen molar-refractivity contribution in [3.8, 4) is 55.6 Å². The molecular formula is C64H47NS. The highest BCUT2D eigenvalue weighted by atomic mass is 32.1. The quantitative estimate of drug-likeness (QED) is 0.161. The molecule has 0 amide bonds. The summed E-state index contributed by atoms with van der Waals surface area (Å²) in [7, 11) is 0. The lowest BCUT2D eigenvalue weighted by molar-refractivity contribution is 0.660. The van der Waals surface area contributed by atoms with Crippen LogP contribution in [-0.4, -0.2) is 0 Å². The fourth-order valence-corrected chi connectivity index (χ4v) is 13.0. The van der Waals surface area contributed by atoms with Crippen molar-refractivity contribution in [3.05, 3.63) is 235 Å². The van der Waals surface area contributed by atoms with Crippen LogP contribution < -0.4 is 4.90 Å². The molecule has 0 atom stereocenters. The van der Waals surface area contributed by atoms with E-state index in [0.717, 1.165) is 17.1 Å². The molecule has 0 N–H and O–H groups in total. The van der Waals surface area contributed by atoms with Gasteiger partial charge < -0.3 is 4.90 Å². The second kappa shape index (κ2) is 14.5. The standard InChI is InChI=1S/C64H47NS/c1-63(2)56-24-10-7-18-50(56)52-37-32-43(39-58(52)63)46-16-9-12-26-59(46)65(44-33-27-41(28-34-44)47-20-13-22-53-51-19-8-11-25-57(51)64(3,4)60(47)53)45-35-29-42(30-36-45)49-21-14-23-54-55-38-31-40-15-5-6-17-48(40)62(55)66-61(49)54/h5-39H,1-4H3. The van der Waals surface area contributed by atoms with Crippen LogP contribution in [0.1, 0.15) is 49.9 Å². The molecule has 2 aliphatic carbocycles. The van der Waals surface area contributed by atoms with Gasteiger partial charge in [-0.2, -0.15) is 0 Å². The molecule has 1 nitrogen and oxygen atoms in total. The van der Waals surface area contributed by atoms with Crippen molar-refractivity contribution < 1.29 is 0 Å². The molecule has 0 unspecified atom stereocenters. The Bertz CT molecular complexity index is 3750. The maximum absolute atomic E-state index is 2.46. The number of fused-ring (bicyclic) bond motifs is 11. The molecule has 10 aromatic carbocycles. The molecule has 314 valence electrons. The Morgan fingerprint density at radius 3 is 1.61 bits per heavy atom. The maximum Gasteiger partial charge on any atom is 0.0540 e. The number of hydrogen-bond donors (Lipinski definition) is 0. The minimum Gasteiger partial charge on any atom is -0.310 e. The highest BCUT2D eigenvalue weighted by Gasteiger charge is 2.38. The van der Waals surface area contributed by atoms with Gasteiger partial charge in [-0.05, 0) is 119 Å². The molecule has 0 spiro atoms. The number of benzene rings is 10. The van der Waals surface area contributed by atoms with E-state index >= 15 is 0 Å². The number of rotatable bonds is 6. The number of thiophene rings is 1. The first-order chi connectivity index (χ1) is 32.3. The molecule has 66 heavy (non-hydrogen) atoms. The lowest BCUT2D eigenvalue weighted by atomic mass is 9.79. The fourth-order valence-electron chi connectivity index (χ4n) is 11.6. The summed E-state index contributed by atoms with van der Waals surface area (Å²) < 4.78 is 2.68. The van der Waals surface area contributed by atoms with E-state index in [4.69, 9.17) is 0 Å². The first-order valence-electron chi connectivity index (χ1n) is 23.2. The normalized spacial score (nSPS) is 14.0. The van der Waals surface area contributed by atoms with Crippen LogP contribution in [0.25, 0.3) is 86.6 Å². The van der Waals surface area contributed by atoms with Gasteiger partial charge in [0.1, 0.15) is 0 Å². The Labute approximate surface area is 390 Å². The van der Waals surface area contributed by atoms with Gasteiger partial charge >= 0.3 is 0 Å². The Kier molecular flexibility index (Phi) is 8.54. The predicted molar refractivity (Wildman–Crippen MR) is 283 cm³/mol. The Balaban J connectivity index is 0.948. The molecule has 0 fully saturated rings. The molecule has 0 bridgehead atoms. The third-order valence-corrected chi connectivity index (χ3v) is 16.2. The number of anilines is 3. The van der Waals surface area contributed by atoms with Gasteiger partial charge in [0.15, 0.2) is 0 Å². The van der Waals surface area contributed by atoms with Crippen molar-refractivity contribution in [1.82, 2.24) is 0 Å². The lowest BCUT2D eigenvalue weighted by Crippen LogP contribution is -2.16. The average Bonchev–Trinajstić information content (AvgIpc) is 3.95. The van der Waals surface area contributed by atoms with Gasteiger partial charge in [-0.3, -0.25) is 0 Å². The van der Waals surface area contributed by atoms with E-state index in [1.165, 1.54) is 109 Å². The third kappa shape index (κ3) is 5.71. The first kappa shape index (κ1) is 38.9. The number of hydrogen-bond acceptors (Lipinski definition) is 2. The van der Waals surface area contributed by atoms with Crippen LogP contribution in [0.4, 0.5) is 17.1 Å². The summed E-state index contributed by atoms with van der Waals surface area (Å²) in [6, 6.07) is 79.4. The Morgan fingerprint density at radius 1 is 0.333 bits per heavy atom. The molecule has 13 rings (SSSR count). The molecule has 0 saturated heterocycles. The summed E-state index contributed by atoms with van der Waals surface area (Å²) in [6.07, 6.45) is 0. The summed E-state index contributed by atoms with van der Waals surface area (Å²) in [5.74, 6) is 0. The molecular weight excluding hydrogens is 815 g/mol. The molecule has 1 aromatic heterocycles. The largest absolute Gasteiger partial charge is 0.310 e.